The number of nitro benzene ring substituents is 1. The van der Waals surface area contributed by atoms with Crippen molar-refractivity contribution in [3.8, 4) is 17.2 Å². The topological polar surface area (TPSA) is 80.1 Å². The monoisotopic (exact) mass is 333 g/mol. The van der Waals surface area contributed by atoms with Crippen molar-refractivity contribution in [2.75, 3.05) is 33.5 Å². The zero-order valence-corrected chi connectivity index (χ0v) is 13.3. The molecule has 7 nitrogen and oxygen atoms in total. The van der Waals surface area contributed by atoms with Gasteiger partial charge in [-0.25, -0.2) is 0 Å². The van der Waals surface area contributed by atoms with Crippen molar-refractivity contribution < 1.29 is 23.9 Å². The smallest absolute Gasteiger partial charge is 0.310 e. The number of nitro groups is 1. The third kappa shape index (κ3) is 5.44. The number of para-hydroxylation sites is 2. The fraction of sp³-hybridized carbons (Fsp3) is 0.294. The molecule has 0 fully saturated rings. The first-order valence-corrected chi connectivity index (χ1v) is 7.41. The quantitative estimate of drug-likeness (QED) is 0.378. The molecule has 0 radical (unpaired) electrons. The molecule has 0 aromatic heterocycles. The van der Waals surface area contributed by atoms with Gasteiger partial charge in [-0.2, -0.15) is 0 Å². The largest absolute Gasteiger partial charge is 0.497 e. The summed E-state index contributed by atoms with van der Waals surface area (Å²) in [5.74, 6) is 1.67. The summed E-state index contributed by atoms with van der Waals surface area (Å²) in [6.07, 6.45) is 0. The van der Waals surface area contributed by atoms with E-state index in [1.165, 1.54) is 6.07 Å². The minimum Gasteiger partial charge on any atom is -0.497 e. The van der Waals surface area contributed by atoms with Crippen LogP contribution in [-0.4, -0.2) is 38.5 Å². The normalized spacial score (nSPS) is 10.2. The van der Waals surface area contributed by atoms with Gasteiger partial charge in [-0.15, -0.1) is 0 Å². The standard InChI is InChI=1S/C17H19NO6/c1-21-14-5-4-6-15(13-14)23-11-9-22-10-12-24-17-8-3-2-7-16(17)18(19)20/h2-8,13H,9-12H2,1H3. The maximum absolute atomic E-state index is 10.8. The predicted octanol–water partition coefficient (Wildman–Crippen LogP) is 3.08. The molecule has 0 bridgehead atoms. The number of hydrogen-bond donors (Lipinski definition) is 0. The lowest BCUT2D eigenvalue weighted by Crippen LogP contribution is -2.12. The Morgan fingerprint density at radius 2 is 1.62 bits per heavy atom. The Hall–Kier alpha value is -2.80. The number of benzene rings is 2. The lowest BCUT2D eigenvalue weighted by Gasteiger charge is -2.09. The van der Waals surface area contributed by atoms with Gasteiger partial charge in [0, 0.05) is 12.1 Å². The van der Waals surface area contributed by atoms with Crippen LogP contribution < -0.4 is 14.2 Å². The van der Waals surface area contributed by atoms with Crippen LogP contribution in [0.4, 0.5) is 5.69 Å². The summed E-state index contributed by atoms with van der Waals surface area (Å²) in [6.45, 7) is 1.31. The second-order valence-corrected chi connectivity index (χ2v) is 4.71. The van der Waals surface area contributed by atoms with Gasteiger partial charge in [-0.1, -0.05) is 18.2 Å². The van der Waals surface area contributed by atoms with Gasteiger partial charge in [0.25, 0.3) is 0 Å². The first-order valence-electron chi connectivity index (χ1n) is 7.41. The summed E-state index contributed by atoms with van der Waals surface area (Å²) in [6, 6.07) is 13.5. The van der Waals surface area contributed by atoms with E-state index in [1.54, 1.807) is 31.4 Å². The molecule has 0 heterocycles. The Balaban J connectivity index is 1.63. The molecule has 0 unspecified atom stereocenters. The van der Waals surface area contributed by atoms with Crippen LogP contribution in [0.2, 0.25) is 0 Å². The first-order chi connectivity index (χ1) is 11.7. The Bertz CT molecular complexity index is 661. The van der Waals surface area contributed by atoms with Crippen molar-refractivity contribution in [3.05, 3.63) is 58.6 Å². The van der Waals surface area contributed by atoms with E-state index in [0.29, 0.717) is 25.6 Å². The number of rotatable bonds is 10. The summed E-state index contributed by atoms with van der Waals surface area (Å²) >= 11 is 0. The van der Waals surface area contributed by atoms with Gasteiger partial charge >= 0.3 is 5.69 Å². The molecule has 0 aliphatic heterocycles. The van der Waals surface area contributed by atoms with Crippen LogP contribution >= 0.6 is 0 Å². The highest BCUT2D eigenvalue weighted by atomic mass is 16.6. The molecule has 2 aromatic rings. The van der Waals surface area contributed by atoms with Gasteiger partial charge in [0.15, 0.2) is 5.75 Å². The van der Waals surface area contributed by atoms with Gasteiger partial charge in [0.1, 0.15) is 24.7 Å². The van der Waals surface area contributed by atoms with E-state index in [-0.39, 0.29) is 18.0 Å². The lowest BCUT2D eigenvalue weighted by molar-refractivity contribution is -0.385. The van der Waals surface area contributed by atoms with Crippen LogP contribution in [0.3, 0.4) is 0 Å². The minimum absolute atomic E-state index is 0.0566. The number of ether oxygens (including phenoxy) is 4. The van der Waals surface area contributed by atoms with E-state index in [2.05, 4.69) is 0 Å². The molecule has 0 aliphatic rings. The number of methoxy groups -OCH3 is 1. The van der Waals surface area contributed by atoms with Crippen molar-refractivity contribution >= 4 is 5.69 Å². The van der Waals surface area contributed by atoms with Crippen LogP contribution in [0.15, 0.2) is 48.5 Å². The molecule has 24 heavy (non-hydrogen) atoms. The molecule has 0 saturated carbocycles. The van der Waals surface area contributed by atoms with E-state index in [1.807, 2.05) is 18.2 Å². The van der Waals surface area contributed by atoms with E-state index >= 15 is 0 Å². The maximum Gasteiger partial charge on any atom is 0.310 e. The second-order valence-electron chi connectivity index (χ2n) is 4.71. The van der Waals surface area contributed by atoms with Gasteiger partial charge in [-0.05, 0) is 18.2 Å². The zero-order chi connectivity index (χ0) is 17.2. The molecule has 2 aromatic carbocycles. The molecular formula is C17H19NO6. The SMILES string of the molecule is COc1cccc(OCCOCCOc2ccccc2[N+](=O)[O-])c1. The summed E-state index contributed by atoms with van der Waals surface area (Å²) in [7, 11) is 1.60. The van der Waals surface area contributed by atoms with Crippen LogP contribution in [0.5, 0.6) is 17.2 Å². The molecule has 0 atom stereocenters. The van der Waals surface area contributed by atoms with Crippen molar-refractivity contribution in [2.24, 2.45) is 0 Å². The predicted molar refractivity (Wildman–Crippen MR) is 87.9 cm³/mol. The first kappa shape index (κ1) is 17.6. The average Bonchev–Trinajstić information content (AvgIpc) is 2.61. The van der Waals surface area contributed by atoms with Crippen molar-refractivity contribution in [3.63, 3.8) is 0 Å². The molecule has 2 rings (SSSR count). The van der Waals surface area contributed by atoms with Gasteiger partial charge in [0.2, 0.25) is 0 Å². The summed E-state index contributed by atoms with van der Waals surface area (Å²) < 4.78 is 21.4. The highest BCUT2D eigenvalue weighted by Gasteiger charge is 2.12. The molecular weight excluding hydrogens is 314 g/mol. The van der Waals surface area contributed by atoms with Gasteiger partial charge < -0.3 is 18.9 Å². The second kappa shape index (κ2) is 9.36. The molecule has 0 amide bonds. The van der Waals surface area contributed by atoms with Crippen LogP contribution in [0.25, 0.3) is 0 Å². The Labute approximate surface area is 139 Å². The lowest BCUT2D eigenvalue weighted by atomic mass is 10.3. The third-order valence-electron chi connectivity index (χ3n) is 3.08. The van der Waals surface area contributed by atoms with E-state index in [9.17, 15) is 10.1 Å². The highest BCUT2D eigenvalue weighted by molar-refractivity contribution is 5.45. The van der Waals surface area contributed by atoms with Crippen LogP contribution in [0, 0.1) is 10.1 Å². The van der Waals surface area contributed by atoms with Crippen molar-refractivity contribution in [1.29, 1.82) is 0 Å². The zero-order valence-electron chi connectivity index (χ0n) is 13.3. The van der Waals surface area contributed by atoms with Gasteiger partial charge in [0.05, 0.1) is 25.2 Å². The third-order valence-corrected chi connectivity index (χ3v) is 3.08. The Morgan fingerprint density at radius 3 is 2.38 bits per heavy atom. The van der Waals surface area contributed by atoms with Crippen LogP contribution in [-0.2, 0) is 4.74 Å². The average molecular weight is 333 g/mol. The van der Waals surface area contributed by atoms with Crippen LogP contribution in [0.1, 0.15) is 0 Å². The molecule has 7 heteroatoms. The molecule has 0 aliphatic carbocycles. The minimum atomic E-state index is -0.474. The number of hydrogen-bond acceptors (Lipinski definition) is 6. The fourth-order valence-electron chi connectivity index (χ4n) is 1.95. The summed E-state index contributed by atoms with van der Waals surface area (Å²) in [5, 5.41) is 10.8. The molecule has 0 spiro atoms. The van der Waals surface area contributed by atoms with E-state index in [0.717, 1.165) is 5.75 Å². The highest BCUT2D eigenvalue weighted by Crippen LogP contribution is 2.25. The van der Waals surface area contributed by atoms with Crippen molar-refractivity contribution in [2.45, 2.75) is 0 Å². The molecule has 0 N–H and O–H groups in total. The van der Waals surface area contributed by atoms with Gasteiger partial charge in [-0.3, -0.25) is 10.1 Å². The summed E-state index contributed by atoms with van der Waals surface area (Å²) in [4.78, 5) is 10.4. The number of nitrogens with zero attached hydrogens (tertiary/aromatic N) is 1. The molecule has 0 saturated heterocycles. The van der Waals surface area contributed by atoms with E-state index < -0.39 is 4.92 Å². The fourth-order valence-corrected chi connectivity index (χ4v) is 1.95. The van der Waals surface area contributed by atoms with E-state index in [4.69, 9.17) is 18.9 Å². The maximum atomic E-state index is 10.8. The Kier molecular flexibility index (Phi) is 6.85. The Morgan fingerprint density at radius 1 is 0.917 bits per heavy atom. The molecule has 128 valence electrons. The summed E-state index contributed by atoms with van der Waals surface area (Å²) in [5.41, 5.74) is -0.0566. The van der Waals surface area contributed by atoms with Crippen molar-refractivity contribution in [1.82, 2.24) is 0 Å².